The molecule has 0 spiro atoms. The number of likely N-dealkylation sites (tertiary alicyclic amines) is 1. The monoisotopic (exact) mass is 453 g/mol. The fourth-order valence-corrected chi connectivity index (χ4v) is 3.90. The van der Waals surface area contributed by atoms with E-state index >= 15 is 0 Å². The van der Waals surface area contributed by atoms with Gasteiger partial charge in [-0.2, -0.15) is 0 Å². The van der Waals surface area contributed by atoms with Crippen molar-refractivity contribution in [2.24, 2.45) is 11.3 Å². The fourth-order valence-electron chi connectivity index (χ4n) is 3.90. The summed E-state index contributed by atoms with van der Waals surface area (Å²) in [5.74, 6) is 0.298. The largest absolute Gasteiger partial charge is 0.315 e. The molecule has 3 aromatic rings. The van der Waals surface area contributed by atoms with Crippen LogP contribution in [0.2, 0.25) is 0 Å². The van der Waals surface area contributed by atoms with Gasteiger partial charge < -0.3 is 9.69 Å². The maximum absolute atomic E-state index is 12.6. The van der Waals surface area contributed by atoms with Gasteiger partial charge in [0.15, 0.2) is 0 Å². The Morgan fingerprint density at radius 3 is 1.94 bits per heavy atom. The molecule has 1 heterocycles. The molecule has 1 saturated heterocycles. The van der Waals surface area contributed by atoms with Gasteiger partial charge >= 0.3 is 0 Å². The lowest BCUT2D eigenvalue weighted by atomic mass is 9.98. The second-order valence-corrected chi connectivity index (χ2v) is 10.0. The highest BCUT2D eigenvalue weighted by Crippen LogP contribution is 2.28. The van der Waals surface area contributed by atoms with Crippen LogP contribution in [0.15, 0.2) is 91.1 Å². The standard InChI is InChI=1S/C26H25NO.C5H10O/c1-20-18-25(27(26(20)28)17-16-21-8-4-2-5-9-21)19-22-12-14-24(15-13-22)23-10-6-3-7-11-23;1-5(2,3)4-6/h2-17,20,25H,18-19H2,1H3;4H,1-3H3/b17-16+;/t20?,25-;/m0./s1. The lowest BCUT2D eigenvalue weighted by Gasteiger charge is -2.21. The molecule has 1 amide bonds. The first-order valence-corrected chi connectivity index (χ1v) is 11.9. The molecule has 4 rings (SSSR count). The summed E-state index contributed by atoms with van der Waals surface area (Å²) in [4.78, 5) is 24.4. The molecule has 0 aromatic heterocycles. The van der Waals surface area contributed by atoms with Gasteiger partial charge in [0.1, 0.15) is 6.29 Å². The molecule has 3 heteroatoms. The number of carbonyl (C=O) groups excluding carboxylic acids is 2. The zero-order valence-corrected chi connectivity index (χ0v) is 20.6. The van der Waals surface area contributed by atoms with Crippen LogP contribution in [0.4, 0.5) is 0 Å². The van der Waals surface area contributed by atoms with Crippen molar-refractivity contribution in [3.63, 3.8) is 0 Å². The van der Waals surface area contributed by atoms with Crippen LogP contribution in [0.25, 0.3) is 17.2 Å². The van der Waals surface area contributed by atoms with Crippen LogP contribution in [-0.2, 0) is 16.0 Å². The van der Waals surface area contributed by atoms with E-state index in [2.05, 4.69) is 60.7 Å². The highest BCUT2D eigenvalue weighted by Gasteiger charge is 2.35. The number of nitrogens with zero attached hydrogens (tertiary/aromatic N) is 1. The summed E-state index contributed by atoms with van der Waals surface area (Å²) in [5.41, 5.74) is 4.69. The Morgan fingerprint density at radius 1 is 0.853 bits per heavy atom. The molecule has 1 aliphatic heterocycles. The molecule has 0 radical (unpaired) electrons. The van der Waals surface area contributed by atoms with E-state index in [9.17, 15) is 9.59 Å². The zero-order valence-electron chi connectivity index (χ0n) is 20.6. The van der Waals surface area contributed by atoms with Gasteiger partial charge in [-0.15, -0.1) is 0 Å². The van der Waals surface area contributed by atoms with Crippen molar-refractivity contribution in [2.45, 2.75) is 46.6 Å². The Bertz CT molecular complexity index is 1080. The van der Waals surface area contributed by atoms with Gasteiger partial charge in [0.2, 0.25) is 5.91 Å². The zero-order chi connectivity index (χ0) is 24.6. The summed E-state index contributed by atoms with van der Waals surface area (Å²) in [6.07, 6.45) is 6.71. The predicted octanol–water partition coefficient (Wildman–Crippen LogP) is 7.04. The summed E-state index contributed by atoms with van der Waals surface area (Å²) in [5, 5.41) is 0. The highest BCUT2D eigenvalue weighted by molar-refractivity contribution is 5.83. The third kappa shape index (κ3) is 7.28. The van der Waals surface area contributed by atoms with Gasteiger partial charge in [-0.3, -0.25) is 4.79 Å². The number of aldehydes is 1. The molecule has 0 N–H and O–H groups in total. The first-order valence-electron chi connectivity index (χ1n) is 11.9. The molecule has 3 nitrogen and oxygen atoms in total. The maximum Gasteiger partial charge on any atom is 0.229 e. The van der Waals surface area contributed by atoms with Crippen molar-refractivity contribution in [1.82, 2.24) is 4.90 Å². The summed E-state index contributed by atoms with van der Waals surface area (Å²) < 4.78 is 0. The molecule has 3 aromatic carbocycles. The molecule has 1 unspecified atom stereocenters. The van der Waals surface area contributed by atoms with Crippen molar-refractivity contribution >= 4 is 18.3 Å². The van der Waals surface area contributed by atoms with Gasteiger partial charge in [0, 0.05) is 23.6 Å². The van der Waals surface area contributed by atoms with Crippen molar-refractivity contribution in [3.8, 4) is 11.1 Å². The quantitative estimate of drug-likeness (QED) is 0.389. The van der Waals surface area contributed by atoms with E-state index < -0.39 is 0 Å². The number of amides is 1. The second kappa shape index (κ2) is 11.6. The van der Waals surface area contributed by atoms with Gasteiger partial charge in [-0.1, -0.05) is 113 Å². The number of carbonyl (C=O) groups is 2. The third-order valence-electron chi connectivity index (χ3n) is 5.81. The molecular formula is C31H35NO2. The number of hydrogen-bond donors (Lipinski definition) is 0. The van der Waals surface area contributed by atoms with E-state index in [4.69, 9.17) is 0 Å². The van der Waals surface area contributed by atoms with Crippen molar-refractivity contribution < 1.29 is 9.59 Å². The minimum Gasteiger partial charge on any atom is -0.315 e. The van der Waals surface area contributed by atoms with Gasteiger partial charge in [0.05, 0.1) is 0 Å². The van der Waals surface area contributed by atoms with Crippen LogP contribution < -0.4 is 0 Å². The first kappa shape index (κ1) is 25.2. The van der Waals surface area contributed by atoms with E-state index in [-0.39, 0.29) is 23.3 Å². The average Bonchev–Trinajstić information content (AvgIpc) is 3.11. The molecule has 2 atom stereocenters. The molecular weight excluding hydrogens is 418 g/mol. The Balaban J connectivity index is 0.000000481. The molecule has 1 aliphatic rings. The predicted molar refractivity (Wildman–Crippen MR) is 141 cm³/mol. The Labute approximate surface area is 204 Å². The van der Waals surface area contributed by atoms with E-state index in [1.165, 1.54) is 16.7 Å². The molecule has 176 valence electrons. The molecule has 1 fully saturated rings. The molecule has 0 saturated carbocycles. The van der Waals surface area contributed by atoms with Crippen molar-refractivity contribution in [2.75, 3.05) is 0 Å². The molecule has 34 heavy (non-hydrogen) atoms. The fraction of sp³-hybridized carbons (Fsp3) is 0.290. The summed E-state index contributed by atoms with van der Waals surface area (Å²) in [7, 11) is 0. The van der Waals surface area contributed by atoms with Gasteiger partial charge in [0.25, 0.3) is 0 Å². The Morgan fingerprint density at radius 2 is 1.38 bits per heavy atom. The number of hydrogen-bond acceptors (Lipinski definition) is 2. The topological polar surface area (TPSA) is 37.4 Å². The average molecular weight is 454 g/mol. The van der Waals surface area contributed by atoms with Crippen LogP contribution in [-0.4, -0.2) is 23.1 Å². The van der Waals surface area contributed by atoms with Crippen molar-refractivity contribution in [1.29, 1.82) is 0 Å². The number of benzene rings is 3. The van der Waals surface area contributed by atoms with Crippen LogP contribution in [0, 0.1) is 11.3 Å². The van der Waals surface area contributed by atoms with E-state index in [1.807, 2.05) is 69.1 Å². The van der Waals surface area contributed by atoms with Crippen LogP contribution in [0.3, 0.4) is 0 Å². The lowest BCUT2D eigenvalue weighted by molar-refractivity contribution is -0.129. The van der Waals surface area contributed by atoms with Crippen LogP contribution in [0.1, 0.15) is 45.2 Å². The van der Waals surface area contributed by atoms with Gasteiger partial charge in [-0.05, 0) is 41.2 Å². The van der Waals surface area contributed by atoms with Crippen molar-refractivity contribution in [3.05, 3.63) is 102 Å². The summed E-state index contributed by atoms with van der Waals surface area (Å²) in [6.45, 7) is 7.66. The Kier molecular flexibility index (Phi) is 8.59. The summed E-state index contributed by atoms with van der Waals surface area (Å²) >= 11 is 0. The molecule has 0 bridgehead atoms. The lowest BCUT2D eigenvalue weighted by Crippen LogP contribution is -2.30. The SMILES string of the molecule is CC(C)(C)C=O.CC1C[C@@H](Cc2ccc(-c3ccccc3)cc2)N(/C=C/c2ccccc2)C1=O. The number of rotatable bonds is 5. The second-order valence-electron chi connectivity index (χ2n) is 10.0. The Hall–Kier alpha value is -3.46. The van der Waals surface area contributed by atoms with E-state index in [0.717, 1.165) is 24.7 Å². The molecule has 0 aliphatic carbocycles. The van der Waals surface area contributed by atoms with Gasteiger partial charge in [-0.25, -0.2) is 0 Å². The third-order valence-corrected chi connectivity index (χ3v) is 5.81. The highest BCUT2D eigenvalue weighted by atomic mass is 16.2. The van der Waals surface area contributed by atoms with E-state index in [1.54, 1.807) is 0 Å². The summed E-state index contributed by atoms with van der Waals surface area (Å²) in [6, 6.07) is 29.5. The maximum atomic E-state index is 12.6. The van der Waals surface area contributed by atoms with Crippen LogP contribution >= 0.6 is 0 Å². The smallest absolute Gasteiger partial charge is 0.229 e. The minimum absolute atomic E-state index is 0.0778. The first-order chi connectivity index (χ1) is 16.3. The van der Waals surface area contributed by atoms with E-state index in [0.29, 0.717) is 0 Å². The van der Waals surface area contributed by atoms with Crippen LogP contribution in [0.5, 0.6) is 0 Å². The minimum atomic E-state index is -0.139. The normalized spacial score (nSPS) is 18.0.